The fraction of sp³-hybridized carbons (Fsp3) is 0.667. The fourth-order valence-electron chi connectivity index (χ4n) is 1.26. The van der Waals surface area contributed by atoms with E-state index in [1.54, 1.807) is 0 Å². The van der Waals surface area contributed by atoms with Crippen LogP contribution >= 0.6 is 0 Å². The van der Waals surface area contributed by atoms with Gasteiger partial charge in [-0.05, 0) is 25.1 Å². The zero-order chi connectivity index (χ0) is 10.9. The lowest BCUT2D eigenvalue weighted by Crippen LogP contribution is -2.10. The van der Waals surface area contributed by atoms with Gasteiger partial charge in [-0.2, -0.15) is 0 Å². The quantitative estimate of drug-likeness (QED) is 0.671. The molecule has 1 heterocycles. The van der Waals surface area contributed by atoms with Crippen LogP contribution in [0.4, 0.5) is 0 Å². The minimum Gasteiger partial charge on any atom is -0.462 e. The van der Waals surface area contributed by atoms with Gasteiger partial charge in [0.15, 0.2) is 0 Å². The zero-order valence-corrected chi connectivity index (χ0v) is 9.71. The summed E-state index contributed by atoms with van der Waals surface area (Å²) in [5.41, 5.74) is 0. The molecule has 3 nitrogen and oxygen atoms in total. The Morgan fingerprint density at radius 3 is 2.80 bits per heavy atom. The molecular formula is C12H21NO2. The average molecular weight is 211 g/mol. The molecule has 0 atom stereocenters. The number of hydrogen-bond acceptors (Lipinski definition) is 3. The number of nitrogens with one attached hydrogen (secondary N) is 1. The summed E-state index contributed by atoms with van der Waals surface area (Å²) in [6, 6.07) is 3.99. The van der Waals surface area contributed by atoms with Gasteiger partial charge in [-0.3, -0.25) is 0 Å². The molecule has 0 amide bonds. The molecule has 15 heavy (non-hydrogen) atoms. The Labute approximate surface area is 91.8 Å². The summed E-state index contributed by atoms with van der Waals surface area (Å²) in [6.45, 7) is 7.41. The van der Waals surface area contributed by atoms with E-state index in [1.165, 1.54) is 6.42 Å². The summed E-state index contributed by atoms with van der Waals surface area (Å²) in [7, 11) is 0. The third-order valence-electron chi connectivity index (χ3n) is 2.15. The molecule has 0 unspecified atom stereocenters. The van der Waals surface area contributed by atoms with Crippen LogP contribution < -0.4 is 5.32 Å². The zero-order valence-electron chi connectivity index (χ0n) is 9.71. The summed E-state index contributed by atoms with van der Waals surface area (Å²) in [5.74, 6) is 1.89. The van der Waals surface area contributed by atoms with Crippen LogP contribution in [0.3, 0.4) is 0 Å². The predicted octanol–water partition coefficient (Wildman–Crippen LogP) is 2.71. The molecule has 1 aromatic rings. The molecule has 0 bridgehead atoms. The second-order valence-corrected chi connectivity index (χ2v) is 3.55. The molecule has 1 N–H and O–H groups in total. The monoisotopic (exact) mass is 211 g/mol. The maximum Gasteiger partial charge on any atom is 0.129 e. The van der Waals surface area contributed by atoms with Gasteiger partial charge in [-0.15, -0.1) is 0 Å². The SMILES string of the molecule is CCCCOCc1ccc(CNCC)o1. The van der Waals surface area contributed by atoms with Gasteiger partial charge in [0, 0.05) is 6.61 Å². The van der Waals surface area contributed by atoms with Crippen LogP contribution in [0.2, 0.25) is 0 Å². The highest BCUT2D eigenvalue weighted by Gasteiger charge is 2.01. The van der Waals surface area contributed by atoms with Crippen molar-refractivity contribution in [1.29, 1.82) is 0 Å². The second-order valence-electron chi connectivity index (χ2n) is 3.55. The first-order valence-electron chi connectivity index (χ1n) is 5.72. The van der Waals surface area contributed by atoms with Crippen molar-refractivity contribution in [2.45, 2.75) is 39.8 Å². The molecule has 86 valence electrons. The molecule has 3 heteroatoms. The normalized spacial score (nSPS) is 10.8. The molecule has 0 aliphatic heterocycles. The molecule has 0 saturated heterocycles. The third kappa shape index (κ3) is 5.00. The van der Waals surface area contributed by atoms with Crippen molar-refractivity contribution >= 4 is 0 Å². The first-order chi connectivity index (χ1) is 7.36. The van der Waals surface area contributed by atoms with E-state index in [9.17, 15) is 0 Å². The van der Waals surface area contributed by atoms with Gasteiger partial charge in [0.1, 0.15) is 18.1 Å². The lowest BCUT2D eigenvalue weighted by molar-refractivity contribution is 0.103. The molecule has 0 aliphatic rings. The maximum absolute atomic E-state index is 5.58. The van der Waals surface area contributed by atoms with E-state index >= 15 is 0 Å². The summed E-state index contributed by atoms with van der Waals surface area (Å²) in [5, 5.41) is 3.22. The maximum atomic E-state index is 5.58. The van der Waals surface area contributed by atoms with Gasteiger partial charge >= 0.3 is 0 Å². The van der Waals surface area contributed by atoms with Crippen molar-refractivity contribution in [2.24, 2.45) is 0 Å². The summed E-state index contributed by atoms with van der Waals surface area (Å²) in [4.78, 5) is 0. The van der Waals surface area contributed by atoms with E-state index in [1.807, 2.05) is 12.1 Å². The molecule has 0 aromatic carbocycles. The van der Waals surface area contributed by atoms with Crippen LogP contribution in [-0.2, 0) is 17.9 Å². The van der Waals surface area contributed by atoms with E-state index in [-0.39, 0.29) is 0 Å². The minimum absolute atomic E-state index is 0.589. The molecule has 0 radical (unpaired) electrons. The summed E-state index contributed by atoms with van der Waals surface area (Å²) < 4.78 is 11.0. The molecule has 0 spiro atoms. The molecule has 0 aliphatic carbocycles. The molecule has 0 fully saturated rings. The Balaban J connectivity index is 2.20. The van der Waals surface area contributed by atoms with Crippen LogP contribution in [0.1, 0.15) is 38.2 Å². The Hall–Kier alpha value is -0.800. The largest absolute Gasteiger partial charge is 0.462 e. The van der Waals surface area contributed by atoms with Crippen LogP contribution in [0.5, 0.6) is 0 Å². The summed E-state index contributed by atoms with van der Waals surface area (Å²) >= 11 is 0. The lowest BCUT2D eigenvalue weighted by Gasteiger charge is -2.00. The van der Waals surface area contributed by atoms with Gasteiger partial charge in [-0.25, -0.2) is 0 Å². The van der Waals surface area contributed by atoms with Crippen molar-refractivity contribution in [3.05, 3.63) is 23.7 Å². The number of furan rings is 1. The topological polar surface area (TPSA) is 34.4 Å². The number of unbranched alkanes of at least 4 members (excludes halogenated alkanes) is 1. The Kier molecular flexibility index (Phi) is 6.12. The van der Waals surface area contributed by atoms with Crippen molar-refractivity contribution in [3.8, 4) is 0 Å². The molecule has 1 aromatic heterocycles. The van der Waals surface area contributed by atoms with Crippen molar-refractivity contribution < 1.29 is 9.15 Å². The number of ether oxygens (including phenoxy) is 1. The van der Waals surface area contributed by atoms with E-state index in [0.717, 1.165) is 37.6 Å². The van der Waals surface area contributed by atoms with Crippen molar-refractivity contribution in [3.63, 3.8) is 0 Å². The molecule has 0 saturated carbocycles. The highest BCUT2D eigenvalue weighted by Crippen LogP contribution is 2.09. The second kappa shape index (κ2) is 7.49. The minimum atomic E-state index is 0.589. The first kappa shape index (κ1) is 12.3. The Morgan fingerprint density at radius 1 is 1.27 bits per heavy atom. The van der Waals surface area contributed by atoms with Crippen LogP contribution in [0.15, 0.2) is 16.5 Å². The van der Waals surface area contributed by atoms with E-state index in [2.05, 4.69) is 19.2 Å². The van der Waals surface area contributed by atoms with Gasteiger partial charge in [0.2, 0.25) is 0 Å². The van der Waals surface area contributed by atoms with E-state index in [0.29, 0.717) is 6.61 Å². The van der Waals surface area contributed by atoms with Gasteiger partial charge < -0.3 is 14.5 Å². The third-order valence-corrected chi connectivity index (χ3v) is 2.15. The van der Waals surface area contributed by atoms with Gasteiger partial charge in [0.25, 0.3) is 0 Å². The van der Waals surface area contributed by atoms with Gasteiger partial charge in [-0.1, -0.05) is 20.3 Å². The van der Waals surface area contributed by atoms with E-state index in [4.69, 9.17) is 9.15 Å². The lowest BCUT2D eigenvalue weighted by atomic mass is 10.4. The summed E-state index contributed by atoms with van der Waals surface area (Å²) in [6.07, 6.45) is 2.29. The highest BCUT2D eigenvalue weighted by molar-refractivity contribution is 5.06. The first-order valence-corrected chi connectivity index (χ1v) is 5.72. The molecular weight excluding hydrogens is 190 g/mol. The van der Waals surface area contributed by atoms with Crippen molar-refractivity contribution in [2.75, 3.05) is 13.2 Å². The average Bonchev–Trinajstić information content (AvgIpc) is 2.69. The predicted molar refractivity (Wildman–Crippen MR) is 60.7 cm³/mol. The standard InChI is InChI=1S/C12H21NO2/c1-3-5-8-14-10-12-7-6-11(15-12)9-13-4-2/h6-7,13H,3-5,8-10H2,1-2H3. The Bertz CT molecular complexity index is 258. The molecule has 1 rings (SSSR count). The van der Waals surface area contributed by atoms with Crippen LogP contribution in [0, 0.1) is 0 Å². The number of rotatable bonds is 8. The fourth-order valence-corrected chi connectivity index (χ4v) is 1.26. The Morgan fingerprint density at radius 2 is 2.07 bits per heavy atom. The smallest absolute Gasteiger partial charge is 0.129 e. The van der Waals surface area contributed by atoms with Crippen LogP contribution in [-0.4, -0.2) is 13.2 Å². The van der Waals surface area contributed by atoms with Gasteiger partial charge in [0.05, 0.1) is 6.54 Å². The van der Waals surface area contributed by atoms with Crippen molar-refractivity contribution in [1.82, 2.24) is 5.32 Å². The highest BCUT2D eigenvalue weighted by atomic mass is 16.5. The van der Waals surface area contributed by atoms with E-state index < -0.39 is 0 Å². The van der Waals surface area contributed by atoms with Crippen LogP contribution in [0.25, 0.3) is 0 Å². The number of hydrogen-bond donors (Lipinski definition) is 1.